The SMILES string of the molecule is Cc1c(C)c(C)c(COc2c(Cl)ccc(Cl)c2-c2c(O)c3cccnc3n(CC(F)F)c2=O)c(C)c1C. The highest BCUT2D eigenvalue weighted by Gasteiger charge is 2.26. The summed E-state index contributed by atoms with van der Waals surface area (Å²) in [5.74, 6) is -0.370. The lowest BCUT2D eigenvalue weighted by Gasteiger charge is -2.21. The van der Waals surface area contributed by atoms with Crippen LogP contribution in [0.25, 0.3) is 22.2 Å². The molecular formula is C28H26Cl2F2N2O3. The van der Waals surface area contributed by atoms with Gasteiger partial charge in [-0.05, 0) is 92.3 Å². The minimum atomic E-state index is -2.83. The van der Waals surface area contributed by atoms with E-state index in [4.69, 9.17) is 27.9 Å². The molecule has 0 aliphatic heterocycles. The number of halogens is 4. The van der Waals surface area contributed by atoms with E-state index in [-0.39, 0.29) is 44.6 Å². The molecule has 0 bridgehead atoms. The number of hydrogen-bond acceptors (Lipinski definition) is 4. The Morgan fingerprint density at radius 2 is 1.54 bits per heavy atom. The third-order valence-corrected chi connectivity index (χ3v) is 7.75. The van der Waals surface area contributed by atoms with Gasteiger partial charge in [0, 0.05) is 6.20 Å². The molecule has 0 aliphatic carbocycles. The molecule has 0 unspecified atom stereocenters. The van der Waals surface area contributed by atoms with Crippen molar-refractivity contribution in [2.24, 2.45) is 0 Å². The lowest BCUT2D eigenvalue weighted by atomic mass is 9.90. The maximum atomic E-state index is 13.5. The first-order valence-electron chi connectivity index (χ1n) is 11.6. The molecule has 2 aromatic carbocycles. The highest BCUT2D eigenvalue weighted by molar-refractivity contribution is 6.37. The molecule has 0 atom stereocenters. The summed E-state index contributed by atoms with van der Waals surface area (Å²) in [5.41, 5.74) is 5.40. The van der Waals surface area contributed by atoms with Gasteiger partial charge in [-0.2, -0.15) is 0 Å². The molecule has 0 amide bonds. The fourth-order valence-electron chi connectivity index (χ4n) is 4.64. The highest BCUT2D eigenvalue weighted by Crippen LogP contribution is 2.45. The zero-order valence-electron chi connectivity index (χ0n) is 21.0. The van der Waals surface area contributed by atoms with E-state index in [2.05, 4.69) is 11.9 Å². The lowest BCUT2D eigenvalue weighted by molar-refractivity contribution is 0.126. The van der Waals surface area contributed by atoms with Gasteiger partial charge in [0.15, 0.2) is 0 Å². The molecule has 4 rings (SSSR count). The maximum Gasteiger partial charge on any atom is 0.264 e. The van der Waals surface area contributed by atoms with Crippen molar-refractivity contribution in [2.45, 2.75) is 54.2 Å². The van der Waals surface area contributed by atoms with Crippen molar-refractivity contribution in [3.05, 3.63) is 84.2 Å². The molecule has 0 radical (unpaired) electrons. The van der Waals surface area contributed by atoms with Crippen LogP contribution in [0.4, 0.5) is 8.78 Å². The van der Waals surface area contributed by atoms with Crippen LogP contribution in [0.15, 0.2) is 35.3 Å². The first kappa shape index (κ1) is 26.9. The van der Waals surface area contributed by atoms with E-state index in [0.717, 1.165) is 32.4 Å². The third-order valence-electron chi connectivity index (χ3n) is 7.14. The normalized spacial score (nSPS) is 11.5. The van der Waals surface area contributed by atoms with Gasteiger partial charge >= 0.3 is 0 Å². The second kappa shape index (κ2) is 10.3. The summed E-state index contributed by atoms with van der Waals surface area (Å²) in [4.78, 5) is 17.6. The van der Waals surface area contributed by atoms with Crippen molar-refractivity contribution >= 4 is 34.2 Å². The van der Waals surface area contributed by atoms with Gasteiger partial charge in [-0.15, -0.1) is 0 Å². The standard InChI is InChI=1S/C28H26Cl2F2N2O3/c1-13-14(2)16(4)19(17(5)15(13)3)12-37-26-21(30)9-8-20(29)23(26)24-25(35)18-7-6-10-33-27(18)34(28(24)36)11-22(31)32/h6-10,22,35H,11-12H2,1-5H3. The molecule has 194 valence electrons. The van der Waals surface area contributed by atoms with Crippen LogP contribution in [-0.2, 0) is 13.2 Å². The average Bonchev–Trinajstić information content (AvgIpc) is 2.87. The maximum absolute atomic E-state index is 13.5. The number of hydrogen-bond donors (Lipinski definition) is 1. The molecule has 0 aliphatic rings. The third kappa shape index (κ3) is 4.66. The van der Waals surface area contributed by atoms with Gasteiger partial charge < -0.3 is 9.84 Å². The van der Waals surface area contributed by atoms with Crippen LogP contribution in [-0.4, -0.2) is 21.1 Å². The summed E-state index contributed by atoms with van der Waals surface area (Å²) >= 11 is 13.1. The number of aromatic nitrogens is 2. The topological polar surface area (TPSA) is 64.3 Å². The second-order valence-electron chi connectivity index (χ2n) is 9.03. The van der Waals surface area contributed by atoms with E-state index < -0.39 is 24.3 Å². The molecule has 0 fully saturated rings. The number of ether oxygens (including phenoxy) is 1. The summed E-state index contributed by atoms with van der Waals surface area (Å²) < 4.78 is 33.9. The van der Waals surface area contributed by atoms with E-state index in [9.17, 15) is 18.7 Å². The summed E-state index contributed by atoms with van der Waals surface area (Å²) in [6.07, 6.45) is -1.47. The number of fused-ring (bicyclic) bond motifs is 1. The van der Waals surface area contributed by atoms with Crippen LogP contribution in [0.1, 0.15) is 33.4 Å². The summed E-state index contributed by atoms with van der Waals surface area (Å²) in [5, 5.41) is 11.5. The minimum absolute atomic E-state index is 0.0290. The van der Waals surface area contributed by atoms with Crippen LogP contribution in [0.2, 0.25) is 10.0 Å². The molecule has 1 N–H and O–H groups in total. The first-order valence-corrected chi connectivity index (χ1v) is 12.4. The summed E-state index contributed by atoms with van der Waals surface area (Å²) in [7, 11) is 0. The first-order chi connectivity index (χ1) is 17.5. The molecule has 37 heavy (non-hydrogen) atoms. The van der Waals surface area contributed by atoms with Crippen molar-refractivity contribution in [1.29, 1.82) is 0 Å². The molecule has 0 saturated carbocycles. The molecule has 4 aromatic rings. The minimum Gasteiger partial charge on any atom is -0.506 e. The molecular weight excluding hydrogens is 521 g/mol. The predicted octanol–water partition coefficient (Wildman–Crippen LogP) is 7.46. The van der Waals surface area contributed by atoms with Crippen LogP contribution in [0, 0.1) is 34.6 Å². The fraction of sp³-hybridized carbons (Fsp3) is 0.286. The van der Waals surface area contributed by atoms with Gasteiger partial charge in [0.25, 0.3) is 12.0 Å². The monoisotopic (exact) mass is 546 g/mol. The Hall–Kier alpha value is -3.16. The molecule has 2 aromatic heterocycles. The highest BCUT2D eigenvalue weighted by atomic mass is 35.5. The van der Waals surface area contributed by atoms with Crippen molar-refractivity contribution in [1.82, 2.24) is 9.55 Å². The van der Waals surface area contributed by atoms with E-state index in [0.29, 0.717) is 0 Å². The van der Waals surface area contributed by atoms with Crippen molar-refractivity contribution in [2.75, 3.05) is 0 Å². The number of alkyl halides is 2. The van der Waals surface area contributed by atoms with Crippen molar-refractivity contribution in [3.63, 3.8) is 0 Å². The van der Waals surface area contributed by atoms with E-state index in [1.807, 2.05) is 27.7 Å². The van der Waals surface area contributed by atoms with E-state index >= 15 is 0 Å². The number of aromatic hydroxyl groups is 1. The zero-order valence-corrected chi connectivity index (χ0v) is 22.6. The quantitative estimate of drug-likeness (QED) is 0.272. The van der Waals surface area contributed by atoms with Gasteiger partial charge in [-0.25, -0.2) is 13.8 Å². The Kier molecular flexibility index (Phi) is 7.49. The lowest BCUT2D eigenvalue weighted by Crippen LogP contribution is -2.26. The van der Waals surface area contributed by atoms with Gasteiger partial charge in [0.1, 0.15) is 23.8 Å². The van der Waals surface area contributed by atoms with E-state index in [1.54, 1.807) is 0 Å². The summed E-state index contributed by atoms with van der Waals surface area (Å²) in [6.45, 7) is 9.40. The Morgan fingerprint density at radius 3 is 2.16 bits per heavy atom. The Morgan fingerprint density at radius 1 is 0.946 bits per heavy atom. The smallest absolute Gasteiger partial charge is 0.264 e. The second-order valence-corrected chi connectivity index (χ2v) is 9.84. The Balaban J connectivity index is 1.95. The van der Waals surface area contributed by atoms with Crippen LogP contribution >= 0.6 is 23.2 Å². The zero-order chi connectivity index (χ0) is 27.2. The van der Waals surface area contributed by atoms with Crippen LogP contribution < -0.4 is 10.3 Å². The molecule has 2 heterocycles. The fourth-order valence-corrected chi connectivity index (χ4v) is 5.10. The van der Waals surface area contributed by atoms with Gasteiger partial charge in [-0.1, -0.05) is 23.2 Å². The van der Waals surface area contributed by atoms with Crippen LogP contribution in [0.3, 0.4) is 0 Å². The summed E-state index contributed by atoms with van der Waals surface area (Å²) in [6, 6.07) is 6.01. The Bertz CT molecular complexity index is 1570. The average molecular weight is 547 g/mol. The van der Waals surface area contributed by atoms with Gasteiger partial charge in [-0.3, -0.25) is 9.36 Å². The number of rotatable bonds is 6. The Labute approximate surface area is 223 Å². The number of nitrogens with zero attached hydrogens (tertiary/aromatic N) is 2. The molecule has 9 heteroatoms. The molecule has 0 saturated heterocycles. The largest absolute Gasteiger partial charge is 0.506 e. The van der Waals surface area contributed by atoms with Crippen molar-refractivity contribution < 1.29 is 18.6 Å². The van der Waals surface area contributed by atoms with Crippen molar-refractivity contribution in [3.8, 4) is 22.6 Å². The molecule has 5 nitrogen and oxygen atoms in total. The number of pyridine rings is 2. The number of benzene rings is 2. The van der Waals surface area contributed by atoms with Gasteiger partial charge in [0.05, 0.1) is 33.1 Å². The predicted molar refractivity (Wildman–Crippen MR) is 144 cm³/mol. The van der Waals surface area contributed by atoms with Crippen LogP contribution in [0.5, 0.6) is 11.5 Å². The van der Waals surface area contributed by atoms with Gasteiger partial charge in [0.2, 0.25) is 0 Å². The van der Waals surface area contributed by atoms with E-state index in [1.165, 1.54) is 36.0 Å². The molecule has 0 spiro atoms.